The van der Waals surface area contributed by atoms with Crippen LogP contribution in [0.2, 0.25) is 0 Å². The van der Waals surface area contributed by atoms with Gasteiger partial charge in [0.05, 0.1) is 25.7 Å². The maximum atomic E-state index is 11.2. The minimum atomic E-state index is -1.06. The summed E-state index contributed by atoms with van der Waals surface area (Å²) in [4.78, 5) is 21.9. The number of esters is 1. The first-order valence-corrected chi connectivity index (χ1v) is 20.4. The van der Waals surface area contributed by atoms with Gasteiger partial charge >= 0.3 is 11.9 Å². The van der Waals surface area contributed by atoms with Crippen molar-refractivity contribution in [3.63, 3.8) is 0 Å². The molecule has 290 valence electrons. The molecular weight excluding hydrogens is 679 g/mol. The van der Waals surface area contributed by atoms with E-state index in [1.54, 1.807) is 18.2 Å². The third-order valence-electron chi connectivity index (χ3n) is 8.24. The molecular formula is C40H68Cl2O8. The molecule has 0 radical (unpaired) electrons. The molecule has 8 nitrogen and oxygen atoms in total. The number of carbonyl (C=O) groups excluding carboxylic acids is 1. The minimum absolute atomic E-state index is 0.0744. The largest absolute Gasteiger partial charge is 0.475 e. The average molecular weight is 748 g/mol. The lowest BCUT2D eigenvalue weighted by Gasteiger charge is -2.04. The molecule has 0 atom stereocenters. The van der Waals surface area contributed by atoms with Crippen LogP contribution in [0, 0.1) is 0 Å². The number of methoxy groups -OCH3 is 1. The molecule has 0 aliphatic rings. The van der Waals surface area contributed by atoms with Crippen LogP contribution in [0.4, 0.5) is 0 Å². The van der Waals surface area contributed by atoms with Gasteiger partial charge in [0.15, 0.2) is 0 Å². The van der Waals surface area contributed by atoms with Gasteiger partial charge in [0, 0.05) is 12.1 Å². The highest BCUT2D eigenvalue weighted by molar-refractivity contribution is 6.40. The van der Waals surface area contributed by atoms with Gasteiger partial charge in [-0.25, -0.2) is 9.59 Å². The van der Waals surface area contributed by atoms with Crippen molar-refractivity contribution in [1.29, 1.82) is 0 Å². The third-order valence-corrected chi connectivity index (χ3v) is 8.24. The molecule has 2 rings (SSSR count). The van der Waals surface area contributed by atoms with E-state index < -0.39 is 11.9 Å². The Morgan fingerprint density at radius 2 is 0.840 bits per heavy atom. The number of hydrogen-bond acceptors (Lipinski definition) is 7. The van der Waals surface area contributed by atoms with E-state index in [0.29, 0.717) is 25.1 Å². The van der Waals surface area contributed by atoms with Gasteiger partial charge < -0.3 is 28.2 Å². The van der Waals surface area contributed by atoms with Crippen molar-refractivity contribution in [2.45, 2.75) is 168 Å². The fourth-order valence-electron chi connectivity index (χ4n) is 5.35. The second kappa shape index (κ2) is 36.5. The smallest absolute Gasteiger partial charge is 0.374 e. The summed E-state index contributed by atoms with van der Waals surface area (Å²) in [7, 11) is 1.33. The van der Waals surface area contributed by atoms with Crippen LogP contribution in [-0.2, 0) is 4.74 Å². The zero-order valence-electron chi connectivity index (χ0n) is 31.5. The molecule has 2 heterocycles. The lowest BCUT2D eigenvalue weighted by molar-refractivity contribution is 0.0555. The number of furan rings is 2. The van der Waals surface area contributed by atoms with Crippen LogP contribution in [0.1, 0.15) is 189 Å². The fourth-order valence-corrected chi connectivity index (χ4v) is 5.35. The Labute approximate surface area is 313 Å². The maximum absolute atomic E-state index is 11.2. The van der Waals surface area contributed by atoms with Crippen molar-refractivity contribution >= 4 is 35.1 Å². The van der Waals surface area contributed by atoms with Gasteiger partial charge in [0.1, 0.15) is 0 Å². The molecule has 0 aliphatic heterocycles. The van der Waals surface area contributed by atoms with Crippen molar-refractivity contribution in [2.75, 3.05) is 25.7 Å². The Balaban J connectivity index is 0.000000891. The van der Waals surface area contributed by atoms with E-state index >= 15 is 0 Å². The monoisotopic (exact) mass is 746 g/mol. The summed E-state index contributed by atoms with van der Waals surface area (Å²) in [6.07, 6.45) is 31.6. The molecule has 0 bridgehead atoms. The molecule has 2 aromatic heterocycles. The van der Waals surface area contributed by atoms with Gasteiger partial charge in [0.25, 0.3) is 11.9 Å². The number of alkyl halides is 2. The van der Waals surface area contributed by atoms with Gasteiger partial charge in [-0.05, 0) is 25.0 Å². The second-order valence-corrected chi connectivity index (χ2v) is 13.4. The van der Waals surface area contributed by atoms with Crippen molar-refractivity contribution in [3.05, 3.63) is 35.8 Å². The van der Waals surface area contributed by atoms with Crippen LogP contribution in [0.15, 0.2) is 33.1 Å². The summed E-state index contributed by atoms with van der Waals surface area (Å²) >= 11 is 9.53. The van der Waals surface area contributed by atoms with Crippen LogP contribution in [-0.4, -0.2) is 42.7 Å². The third kappa shape index (κ3) is 29.4. The van der Waals surface area contributed by atoms with Crippen molar-refractivity contribution < 1.29 is 37.7 Å². The maximum Gasteiger partial charge on any atom is 0.374 e. The SMILES string of the molecule is CCCCCCCCCCCCCCOc1ccc(C(=O)O)o1.CCCCCCCCCCCCCCOc1ccc(C(=O)OC)o1.ClCCl. The number of rotatable bonds is 30. The molecule has 0 saturated carbocycles. The van der Waals surface area contributed by atoms with Crippen LogP contribution in [0.3, 0.4) is 0 Å². The summed E-state index contributed by atoms with van der Waals surface area (Å²) in [5.74, 6) is -0.749. The number of carboxylic acids is 1. The summed E-state index contributed by atoms with van der Waals surface area (Å²) in [6.45, 7) is 5.74. The zero-order valence-corrected chi connectivity index (χ0v) is 33.0. The lowest BCUT2D eigenvalue weighted by atomic mass is 10.1. The Hall–Kier alpha value is -2.32. The van der Waals surface area contributed by atoms with E-state index in [4.69, 9.17) is 46.6 Å². The van der Waals surface area contributed by atoms with E-state index in [2.05, 4.69) is 18.6 Å². The number of carbonyl (C=O) groups is 2. The summed E-state index contributed by atoms with van der Waals surface area (Å²) in [5, 5.41) is 8.93. The predicted molar refractivity (Wildman–Crippen MR) is 205 cm³/mol. The molecule has 0 unspecified atom stereocenters. The van der Waals surface area contributed by atoms with Crippen LogP contribution in [0.5, 0.6) is 11.9 Å². The van der Waals surface area contributed by atoms with E-state index in [1.165, 1.54) is 148 Å². The molecule has 50 heavy (non-hydrogen) atoms. The molecule has 0 aliphatic carbocycles. The first kappa shape index (κ1) is 47.7. The standard InChI is InChI=1S/C20H34O4.C19H32O4.CH2Cl2/c1-3-4-5-6-7-8-9-10-11-12-13-14-17-23-19-16-15-18(24-19)20(21)22-2;1-2-3-4-5-6-7-8-9-10-11-12-13-16-22-18-15-14-17(23-18)19(20)21;2-1-3/h15-16H,3-14,17H2,1-2H3;14-15H,2-13,16H2,1H3,(H,20,21);1H2. The molecule has 2 aromatic rings. The molecule has 0 fully saturated rings. The highest BCUT2D eigenvalue weighted by Gasteiger charge is 2.11. The zero-order chi connectivity index (χ0) is 36.9. The normalized spacial score (nSPS) is 10.5. The number of carboxylic acid groups (broad SMARTS) is 1. The topological polar surface area (TPSA) is 108 Å². The Morgan fingerprint density at radius 1 is 0.540 bits per heavy atom. The number of unbranched alkanes of at least 4 members (excludes halogenated alkanes) is 22. The van der Waals surface area contributed by atoms with Gasteiger partial charge in [-0.2, -0.15) is 0 Å². The number of aromatic carboxylic acids is 1. The summed E-state index contributed by atoms with van der Waals surface area (Å²) < 4.78 is 25.8. The van der Waals surface area contributed by atoms with Gasteiger partial charge in [0.2, 0.25) is 11.5 Å². The van der Waals surface area contributed by atoms with Crippen LogP contribution in [0.25, 0.3) is 0 Å². The van der Waals surface area contributed by atoms with Crippen LogP contribution < -0.4 is 9.47 Å². The Kier molecular flexibility index (Phi) is 34.8. The van der Waals surface area contributed by atoms with Crippen molar-refractivity contribution in [1.82, 2.24) is 0 Å². The number of ether oxygens (including phenoxy) is 3. The van der Waals surface area contributed by atoms with Gasteiger partial charge in [-0.1, -0.05) is 155 Å². The Morgan fingerprint density at radius 3 is 1.14 bits per heavy atom. The van der Waals surface area contributed by atoms with Gasteiger partial charge in [-0.15, -0.1) is 23.2 Å². The quantitative estimate of drug-likeness (QED) is 0.0478. The molecule has 0 amide bonds. The van der Waals surface area contributed by atoms with E-state index in [1.807, 2.05) is 0 Å². The van der Waals surface area contributed by atoms with E-state index in [0.717, 1.165) is 19.3 Å². The first-order chi connectivity index (χ1) is 24.4. The Bertz CT molecular complexity index is 1020. The number of hydrogen-bond donors (Lipinski definition) is 1. The van der Waals surface area contributed by atoms with Gasteiger partial charge in [-0.3, -0.25) is 0 Å². The minimum Gasteiger partial charge on any atom is -0.475 e. The molecule has 10 heteroatoms. The summed E-state index contributed by atoms with van der Waals surface area (Å²) in [5.41, 5.74) is 0. The highest BCUT2D eigenvalue weighted by atomic mass is 35.5. The second-order valence-electron chi connectivity index (χ2n) is 12.6. The number of halogens is 2. The lowest BCUT2D eigenvalue weighted by Crippen LogP contribution is -1.99. The fraction of sp³-hybridized carbons (Fsp3) is 0.750. The highest BCUT2D eigenvalue weighted by Crippen LogP contribution is 2.19. The molecule has 0 spiro atoms. The van der Waals surface area contributed by atoms with E-state index in [9.17, 15) is 9.59 Å². The molecule has 0 saturated heterocycles. The molecule has 1 N–H and O–H groups in total. The average Bonchev–Trinajstić information content (AvgIpc) is 3.80. The van der Waals surface area contributed by atoms with Crippen molar-refractivity contribution in [2.24, 2.45) is 0 Å². The molecule has 0 aromatic carbocycles. The van der Waals surface area contributed by atoms with E-state index in [-0.39, 0.29) is 16.9 Å². The van der Waals surface area contributed by atoms with Crippen LogP contribution >= 0.6 is 23.2 Å². The first-order valence-electron chi connectivity index (χ1n) is 19.3. The predicted octanol–water partition coefficient (Wildman–Crippen LogP) is 13.6. The summed E-state index contributed by atoms with van der Waals surface area (Å²) in [6, 6.07) is 6.21. The van der Waals surface area contributed by atoms with Crippen molar-refractivity contribution in [3.8, 4) is 11.9 Å².